The van der Waals surface area contributed by atoms with Crippen LogP contribution in [0.25, 0.3) is 11.3 Å². The molecule has 1 aliphatic rings. The van der Waals surface area contributed by atoms with Crippen LogP contribution in [0.1, 0.15) is 25.5 Å². The van der Waals surface area contributed by atoms with Crippen molar-refractivity contribution in [1.29, 1.82) is 0 Å². The number of imide groups is 1. The fourth-order valence-electron chi connectivity index (χ4n) is 3.70. The summed E-state index contributed by atoms with van der Waals surface area (Å²) in [6, 6.07) is 6.44. The normalized spacial score (nSPS) is 17.9. The highest BCUT2D eigenvalue weighted by Crippen LogP contribution is 2.35. The van der Waals surface area contributed by atoms with Crippen LogP contribution in [0.4, 0.5) is 10.6 Å². The Balaban J connectivity index is 1.42. The number of H-pyrrole nitrogens is 1. The number of anilines is 1. The van der Waals surface area contributed by atoms with Crippen molar-refractivity contribution in [2.24, 2.45) is 5.41 Å². The number of nitrogens with one attached hydrogen (secondary N) is 2. The zero-order chi connectivity index (χ0) is 23.4. The average molecular weight is 450 g/mol. The predicted molar refractivity (Wildman–Crippen MR) is 121 cm³/mol. The number of pyridine rings is 2. The van der Waals surface area contributed by atoms with Gasteiger partial charge in [-0.25, -0.2) is 9.78 Å². The number of aromatic amines is 1. The molecule has 1 atom stereocenters. The van der Waals surface area contributed by atoms with Crippen molar-refractivity contribution in [3.05, 3.63) is 48.5 Å². The van der Waals surface area contributed by atoms with Crippen molar-refractivity contribution in [3.63, 3.8) is 0 Å². The van der Waals surface area contributed by atoms with Crippen molar-refractivity contribution >= 4 is 17.8 Å². The van der Waals surface area contributed by atoms with E-state index in [0.29, 0.717) is 49.0 Å². The second-order valence-corrected chi connectivity index (χ2v) is 8.19. The number of urea groups is 1. The maximum atomic E-state index is 12.8. The molecule has 33 heavy (non-hydrogen) atoms. The minimum absolute atomic E-state index is 0.195. The van der Waals surface area contributed by atoms with Gasteiger partial charge in [0.1, 0.15) is 17.3 Å². The number of ether oxygens (including phenoxy) is 2. The monoisotopic (exact) mass is 450 g/mol. The fourth-order valence-corrected chi connectivity index (χ4v) is 3.70. The zero-order valence-electron chi connectivity index (χ0n) is 18.8. The van der Waals surface area contributed by atoms with Crippen molar-refractivity contribution in [2.45, 2.75) is 26.7 Å². The fraction of sp³-hybridized carbons (Fsp3) is 0.348. The number of aromatic nitrogens is 4. The zero-order valence-corrected chi connectivity index (χ0v) is 18.8. The molecule has 172 valence electrons. The van der Waals surface area contributed by atoms with Crippen molar-refractivity contribution < 1.29 is 19.1 Å². The molecule has 10 heteroatoms. The lowest BCUT2D eigenvalue weighted by molar-refractivity contribution is -0.133. The number of carbonyl (C=O) groups is 2. The molecule has 1 aliphatic heterocycles. The third-order valence-corrected chi connectivity index (χ3v) is 5.78. The van der Waals surface area contributed by atoms with Crippen LogP contribution in [0.2, 0.25) is 0 Å². The van der Waals surface area contributed by atoms with E-state index in [9.17, 15) is 9.59 Å². The SMILES string of the molecule is COCCC1(C)CCN(C(=O)Nc2ccc(Oc3ccnc(-c4cn[nH]c4)c3)c(C)n2)C1=O. The first kappa shape index (κ1) is 22.4. The number of amides is 3. The highest BCUT2D eigenvalue weighted by atomic mass is 16.5. The molecule has 3 aromatic rings. The van der Waals surface area contributed by atoms with Crippen LogP contribution in [-0.2, 0) is 9.53 Å². The van der Waals surface area contributed by atoms with Crippen LogP contribution in [0.15, 0.2) is 42.9 Å². The minimum Gasteiger partial charge on any atom is -0.455 e. The molecule has 3 aromatic heterocycles. The molecule has 4 rings (SSSR count). The van der Waals surface area contributed by atoms with Crippen LogP contribution >= 0.6 is 0 Å². The highest BCUT2D eigenvalue weighted by molar-refractivity contribution is 6.04. The van der Waals surface area contributed by atoms with E-state index >= 15 is 0 Å². The minimum atomic E-state index is -0.589. The Bertz CT molecular complexity index is 1150. The summed E-state index contributed by atoms with van der Waals surface area (Å²) in [4.78, 5) is 35.4. The number of hydrogen-bond donors (Lipinski definition) is 2. The van der Waals surface area contributed by atoms with E-state index in [4.69, 9.17) is 9.47 Å². The molecule has 3 amide bonds. The van der Waals surface area contributed by atoms with E-state index in [1.54, 1.807) is 56.9 Å². The van der Waals surface area contributed by atoms with Gasteiger partial charge >= 0.3 is 6.03 Å². The van der Waals surface area contributed by atoms with E-state index in [0.717, 1.165) is 11.3 Å². The quantitative estimate of drug-likeness (QED) is 0.562. The lowest BCUT2D eigenvalue weighted by atomic mass is 9.85. The van der Waals surface area contributed by atoms with Gasteiger partial charge in [-0.1, -0.05) is 6.92 Å². The summed E-state index contributed by atoms with van der Waals surface area (Å²) in [7, 11) is 1.60. The molecule has 2 N–H and O–H groups in total. The third kappa shape index (κ3) is 4.85. The van der Waals surface area contributed by atoms with E-state index in [1.807, 2.05) is 6.92 Å². The van der Waals surface area contributed by atoms with Crippen LogP contribution in [-0.4, -0.2) is 57.3 Å². The molecular weight excluding hydrogens is 424 g/mol. The number of nitrogens with zero attached hydrogens (tertiary/aromatic N) is 4. The molecule has 0 aliphatic carbocycles. The number of aryl methyl sites for hydroxylation is 1. The number of carbonyl (C=O) groups excluding carboxylic acids is 2. The molecule has 0 bridgehead atoms. The van der Waals surface area contributed by atoms with Gasteiger partial charge in [0.15, 0.2) is 0 Å². The predicted octanol–water partition coefficient (Wildman–Crippen LogP) is 3.77. The van der Waals surface area contributed by atoms with E-state index in [-0.39, 0.29) is 5.91 Å². The van der Waals surface area contributed by atoms with Gasteiger partial charge in [0, 0.05) is 44.3 Å². The smallest absolute Gasteiger partial charge is 0.329 e. The van der Waals surface area contributed by atoms with Gasteiger partial charge in [-0.05, 0) is 38.0 Å². The first-order valence-electron chi connectivity index (χ1n) is 10.6. The van der Waals surface area contributed by atoms with Crippen molar-refractivity contribution in [3.8, 4) is 22.8 Å². The first-order chi connectivity index (χ1) is 15.9. The molecule has 0 radical (unpaired) electrons. The van der Waals surface area contributed by atoms with Crippen molar-refractivity contribution in [1.82, 2.24) is 25.1 Å². The summed E-state index contributed by atoms with van der Waals surface area (Å²) in [6.45, 7) is 4.49. The number of rotatable bonds is 7. The standard InChI is InChI=1S/C23H26N6O4/c1-15-19(33-17-6-9-24-18(12-17)16-13-25-26-14-16)4-5-20(27-15)28-22(31)29-10-7-23(2,21(29)30)8-11-32-3/h4-6,9,12-14H,7-8,10-11H2,1-3H3,(H,25,26)(H,27,28,31). The second kappa shape index (κ2) is 9.37. The summed E-state index contributed by atoms with van der Waals surface area (Å²) < 4.78 is 11.1. The number of likely N-dealkylation sites (tertiary alicyclic amines) is 1. The van der Waals surface area contributed by atoms with Gasteiger partial charge in [0.2, 0.25) is 5.91 Å². The average Bonchev–Trinajstić information content (AvgIpc) is 3.44. The van der Waals surface area contributed by atoms with Gasteiger partial charge in [-0.2, -0.15) is 5.10 Å². The Kier molecular flexibility index (Phi) is 6.36. The Morgan fingerprint density at radius 3 is 2.91 bits per heavy atom. The third-order valence-electron chi connectivity index (χ3n) is 5.78. The largest absolute Gasteiger partial charge is 0.455 e. The van der Waals surface area contributed by atoms with Crippen molar-refractivity contribution in [2.75, 3.05) is 25.6 Å². The second-order valence-electron chi connectivity index (χ2n) is 8.19. The van der Waals surface area contributed by atoms with Crippen LogP contribution < -0.4 is 10.1 Å². The Morgan fingerprint density at radius 2 is 2.18 bits per heavy atom. The van der Waals surface area contributed by atoms with Crippen LogP contribution in [0.3, 0.4) is 0 Å². The summed E-state index contributed by atoms with van der Waals surface area (Å²) in [6.07, 6.45) is 6.27. The molecule has 0 spiro atoms. The number of methoxy groups -OCH3 is 1. The van der Waals surface area contributed by atoms with E-state index < -0.39 is 11.4 Å². The lowest BCUT2D eigenvalue weighted by Gasteiger charge is -2.22. The van der Waals surface area contributed by atoms with E-state index in [2.05, 4.69) is 25.5 Å². The Morgan fingerprint density at radius 1 is 1.33 bits per heavy atom. The molecule has 4 heterocycles. The molecule has 0 aromatic carbocycles. The maximum Gasteiger partial charge on any atom is 0.329 e. The summed E-state index contributed by atoms with van der Waals surface area (Å²) in [5.74, 6) is 1.29. The van der Waals surface area contributed by atoms with Crippen LogP contribution in [0, 0.1) is 12.3 Å². The Hall–Kier alpha value is -3.79. The van der Waals surface area contributed by atoms with Gasteiger partial charge < -0.3 is 9.47 Å². The summed E-state index contributed by atoms with van der Waals surface area (Å²) in [5, 5.41) is 9.41. The van der Waals surface area contributed by atoms with Gasteiger partial charge in [-0.3, -0.25) is 25.1 Å². The van der Waals surface area contributed by atoms with Gasteiger partial charge in [-0.15, -0.1) is 0 Å². The molecule has 1 fully saturated rings. The van der Waals surface area contributed by atoms with Crippen LogP contribution in [0.5, 0.6) is 11.5 Å². The number of hydrogen-bond acceptors (Lipinski definition) is 7. The Labute approximate surface area is 191 Å². The molecule has 1 unspecified atom stereocenters. The molecule has 10 nitrogen and oxygen atoms in total. The topological polar surface area (TPSA) is 122 Å². The maximum absolute atomic E-state index is 12.8. The molecule has 0 saturated carbocycles. The summed E-state index contributed by atoms with van der Waals surface area (Å²) in [5.41, 5.74) is 1.58. The summed E-state index contributed by atoms with van der Waals surface area (Å²) >= 11 is 0. The lowest BCUT2D eigenvalue weighted by Crippen LogP contribution is -2.40. The highest BCUT2D eigenvalue weighted by Gasteiger charge is 2.44. The van der Waals surface area contributed by atoms with E-state index in [1.165, 1.54) is 4.90 Å². The van der Waals surface area contributed by atoms with Gasteiger partial charge in [0.05, 0.1) is 23.0 Å². The molecular formula is C23H26N6O4. The first-order valence-corrected chi connectivity index (χ1v) is 10.6. The van der Waals surface area contributed by atoms with Gasteiger partial charge in [0.25, 0.3) is 0 Å². The molecule has 1 saturated heterocycles.